The van der Waals surface area contributed by atoms with E-state index in [4.69, 9.17) is 4.74 Å². The van der Waals surface area contributed by atoms with Gasteiger partial charge in [0.15, 0.2) is 0 Å². The first kappa shape index (κ1) is 11.3. The number of carbonyl (C=O) groups is 1. The topological polar surface area (TPSA) is 35.5 Å². The van der Waals surface area contributed by atoms with Crippen molar-refractivity contribution in [1.29, 1.82) is 0 Å². The third kappa shape index (κ3) is 3.13. The monoisotopic (exact) mass is 206 g/mol. The van der Waals surface area contributed by atoms with E-state index in [1.54, 1.807) is 7.11 Å². The lowest BCUT2D eigenvalue weighted by atomic mass is 10.1. The molecule has 0 radical (unpaired) electrons. The van der Waals surface area contributed by atoms with Crippen LogP contribution in [0.1, 0.15) is 12.5 Å². The van der Waals surface area contributed by atoms with Gasteiger partial charge in [-0.15, -0.1) is 0 Å². The molecule has 1 aromatic carbocycles. The van der Waals surface area contributed by atoms with Crippen LogP contribution in [0, 0.1) is 0 Å². The molecule has 0 heterocycles. The molecule has 0 saturated heterocycles. The highest BCUT2D eigenvalue weighted by molar-refractivity contribution is 5.90. The Morgan fingerprint density at radius 2 is 1.80 bits per heavy atom. The highest BCUT2D eigenvalue weighted by atomic mass is 16.5. The van der Waals surface area contributed by atoms with Gasteiger partial charge in [0.05, 0.1) is 14.2 Å². The molecule has 0 atom stereocenters. The van der Waals surface area contributed by atoms with Crippen LogP contribution in [0.2, 0.25) is 0 Å². The summed E-state index contributed by atoms with van der Waals surface area (Å²) in [5.41, 5.74) is 1.84. The molecule has 1 aromatic rings. The van der Waals surface area contributed by atoms with E-state index in [0.29, 0.717) is 0 Å². The number of methoxy groups -OCH3 is 2. The Hall–Kier alpha value is -1.77. The highest BCUT2D eigenvalue weighted by Gasteiger charge is 2.00. The number of esters is 1. The maximum absolute atomic E-state index is 11.0. The van der Waals surface area contributed by atoms with Crippen molar-refractivity contribution in [2.75, 3.05) is 14.2 Å². The van der Waals surface area contributed by atoms with E-state index in [0.717, 1.165) is 16.9 Å². The van der Waals surface area contributed by atoms with Crippen LogP contribution in [0.5, 0.6) is 5.75 Å². The van der Waals surface area contributed by atoms with Crippen molar-refractivity contribution in [2.24, 2.45) is 0 Å². The second-order valence-corrected chi connectivity index (χ2v) is 3.08. The predicted octanol–water partition coefficient (Wildman–Crippen LogP) is 2.27. The number of allylic oxidation sites excluding steroid dienone is 1. The molecule has 15 heavy (non-hydrogen) atoms. The van der Waals surface area contributed by atoms with E-state index in [9.17, 15) is 4.79 Å². The van der Waals surface area contributed by atoms with Crippen LogP contribution in [0.25, 0.3) is 5.57 Å². The SMILES string of the molecule is COC(=O)/C=C(\C)c1ccc(OC)cc1. The zero-order valence-corrected chi connectivity index (χ0v) is 9.11. The van der Waals surface area contributed by atoms with Gasteiger partial charge >= 0.3 is 5.97 Å². The minimum Gasteiger partial charge on any atom is -0.497 e. The highest BCUT2D eigenvalue weighted by Crippen LogP contribution is 2.17. The summed E-state index contributed by atoms with van der Waals surface area (Å²) < 4.78 is 9.59. The fraction of sp³-hybridized carbons (Fsp3) is 0.250. The van der Waals surface area contributed by atoms with Crippen LogP contribution in [0.3, 0.4) is 0 Å². The fourth-order valence-corrected chi connectivity index (χ4v) is 1.17. The molecule has 3 heteroatoms. The summed E-state index contributed by atoms with van der Waals surface area (Å²) in [6.45, 7) is 1.86. The molecule has 0 bridgehead atoms. The molecule has 0 aliphatic carbocycles. The van der Waals surface area contributed by atoms with E-state index >= 15 is 0 Å². The Balaban J connectivity index is 2.87. The molecule has 80 valence electrons. The predicted molar refractivity (Wildman–Crippen MR) is 58.7 cm³/mol. The molecule has 0 aromatic heterocycles. The number of ether oxygens (including phenoxy) is 2. The van der Waals surface area contributed by atoms with Gasteiger partial charge in [-0.25, -0.2) is 4.79 Å². The van der Waals surface area contributed by atoms with Crippen molar-refractivity contribution in [2.45, 2.75) is 6.92 Å². The van der Waals surface area contributed by atoms with Crippen molar-refractivity contribution in [3.8, 4) is 5.75 Å². The quantitative estimate of drug-likeness (QED) is 0.562. The Kier molecular flexibility index (Phi) is 3.92. The van der Waals surface area contributed by atoms with Crippen molar-refractivity contribution in [1.82, 2.24) is 0 Å². The smallest absolute Gasteiger partial charge is 0.330 e. The molecular formula is C12H14O3. The summed E-state index contributed by atoms with van der Waals surface area (Å²) in [4.78, 5) is 11.0. The molecule has 0 aliphatic rings. The van der Waals surface area contributed by atoms with Crippen LogP contribution in [0.4, 0.5) is 0 Å². The van der Waals surface area contributed by atoms with E-state index < -0.39 is 0 Å². The molecule has 0 fully saturated rings. The number of benzene rings is 1. The van der Waals surface area contributed by atoms with Crippen molar-refractivity contribution < 1.29 is 14.3 Å². The lowest BCUT2D eigenvalue weighted by molar-refractivity contribution is -0.134. The Morgan fingerprint density at radius 3 is 2.27 bits per heavy atom. The average molecular weight is 206 g/mol. The zero-order chi connectivity index (χ0) is 11.3. The first-order valence-electron chi connectivity index (χ1n) is 4.58. The van der Waals surface area contributed by atoms with Crippen LogP contribution in [-0.4, -0.2) is 20.2 Å². The Bertz CT molecular complexity index is 363. The van der Waals surface area contributed by atoms with Gasteiger partial charge in [0, 0.05) is 6.08 Å². The molecule has 3 nitrogen and oxygen atoms in total. The first-order valence-corrected chi connectivity index (χ1v) is 4.58. The molecule has 0 amide bonds. The van der Waals surface area contributed by atoms with Crippen LogP contribution >= 0.6 is 0 Å². The van der Waals surface area contributed by atoms with Gasteiger partial charge in [-0.3, -0.25) is 0 Å². The second kappa shape index (κ2) is 5.20. The number of rotatable bonds is 3. The Morgan fingerprint density at radius 1 is 1.20 bits per heavy atom. The molecule has 0 N–H and O–H groups in total. The molecule has 0 spiro atoms. The summed E-state index contributed by atoms with van der Waals surface area (Å²) in [6, 6.07) is 7.50. The molecule has 0 aliphatic heterocycles. The number of hydrogen-bond acceptors (Lipinski definition) is 3. The van der Waals surface area contributed by atoms with Crippen LogP contribution in [-0.2, 0) is 9.53 Å². The normalized spacial score (nSPS) is 11.0. The number of hydrogen-bond donors (Lipinski definition) is 0. The maximum Gasteiger partial charge on any atom is 0.330 e. The van der Waals surface area contributed by atoms with Gasteiger partial charge in [0.25, 0.3) is 0 Å². The zero-order valence-electron chi connectivity index (χ0n) is 9.11. The van der Waals surface area contributed by atoms with Crippen molar-refractivity contribution >= 4 is 11.5 Å². The first-order chi connectivity index (χ1) is 7.17. The minimum atomic E-state index is -0.344. The van der Waals surface area contributed by atoms with E-state index in [1.165, 1.54) is 13.2 Å². The lowest BCUT2D eigenvalue weighted by Gasteiger charge is -2.03. The molecule has 0 saturated carbocycles. The van der Waals surface area contributed by atoms with Gasteiger partial charge in [-0.05, 0) is 30.2 Å². The van der Waals surface area contributed by atoms with Gasteiger partial charge in [-0.2, -0.15) is 0 Å². The van der Waals surface area contributed by atoms with Crippen molar-refractivity contribution in [3.63, 3.8) is 0 Å². The van der Waals surface area contributed by atoms with Gasteiger partial charge in [0.2, 0.25) is 0 Å². The summed E-state index contributed by atoms with van der Waals surface area (Å²) in [6.07, 6.45) is 1.46. The number of carbonyl (C=O) groups excluding carboxylic acids is 1. The molecular weight excluding hydrogens is 192 g/mol. The Labute approximate surface area is 89.3 Å². The summed E-state index contributed by atoms with van der Waals surface area (Å²) in [7, 11) is 2.98. The van der Waals surface area contributed by atoms with E-state index in [-0.39, 0.29) is 5.97 Å². The summed E-state index contributed by atoms with van der Waals surface area (Å²) in [5.74, 6) is 0.452. The average Bonchev–Trinajstić information content (AvgIpc) is 2.29. The maximum atomic E-state index is 11.0. The van der Waals surface area contributed by atoms with Gasteiger partial charge < -0.3 is 9.47 Å². The van der Waals surface area contributed by atoms with E-state index in [1.807, 2.05) is 31.2 Å². The standard InChI is InChI=1S/C12H14O3/c1-9(8-12(13)15-3)10-4-6-11(14-2)7-5-10/h4-8H,1-3H3/b9-8+. The summed E-state index contributed by atoms with van der Waals surface area (Å²) in [5, 5.41) is 0. The van der Waals surface area contributed by atoms with Gasteiger partial charge in [-0.1, -0.05) is 12.1 Å². The third-order valence-corrected chi connectivity index (χ3v) is 2.08. The molecule has 0 unspecified atom stereocenters. The third-order valence-electron chi connectivity index (χ3n) is 2.08. The van der Waals surface area contributed by atoms with E-state index in [2.05, 4.69) is 4.74 Å². The molecule has 1 rings (SSSR count). The van der Waals surface area contributed by atoms with Gasteiger partial charge in [0.1, 0.15) is 5.75 Å². The lowest BCUT2D eigenvalue weighted by Crippen LogP contribution is -1.95. The summed E-state index contributed by atoms with van der Waals surface area (Å²) >= 11 is 0. The largest absolute Gasteiger partial charge is 0.497 e. The van der Waals surface area contributed by atoms with Crippen LogP contribution in [0.15, 0.2) is 30.3 Å². The van der Waals surface area contributed by atoms with Crippen molar-refractivity contribution in [3.05, 3.63) is 35.9 Å². The second-order valence-electron chi connectivity index (χ2n) is 3.08. The fourth-order valence-electron chi connectivity index (χ4n) is 1.17. The van der Waals surface area contributed by atoms with Crippen LogP contribution < -0.4 is 4.74 Å². The minimum absolute atomic E-state index is 0.344.